The summed E-state index contributed by atoms with van der Waals surface area (Å²) in [6.07, 6.45) is -4.76. The van der Waals surface area contributed by atoms with Crippen LogP contribution < -0.4 is 4.74 Å². The minimum absolute atomic E-state index is 0.0645. The van der Waals surface area contributed by atoms with Crippen LogP contribution in [0.5, 0.6) is 5.75 Å². The molecule has 38 heavy (non-hydrogen) atoms. The Balaban J connectivity index is 1.61. The number of hydrogen-bond donors (Lipinski definition) is 0. The number of halogens is 9. The number of rotatable bonds is 3. The van der Waals surface area contributed by atoms with Gasteiger partial charge in [-0.15, -0.1) is 0 Å². The van der Waals surface area contributed by atoms with Gasteiger partial charge in [-0.1, -0.05) is 37.0 Å². The van der Waals surface area contributed by atoms with E-state index in [1.807, 2.05) is 0 Å². The second kappa shape index (κ2) is 10.5. The fourth-order valence-electron chi connectivity index (χ4n) is 4.17. The molecule has 0 heterocycles. The Bertz CT molecular complexity index is 1470. The molecule has 0 radical (unpaired) electrons. The van der Waals surface area contributed by atoms with Crippen molar-refractivity contribution >= 4 is 10.8 Å². The average Bonchev–Trinajstić information content (AvgIpc) is 2.81. The highest BCUT2D eigenvalue weighted by atomic mass is 19.4. The molecule has 4 rings (SSSR count). The van der Waals surface area contributed by atoms with E-state index in [0.717, 1.165) is 56.2 Å². The lowest BCUT2D eigenvalue weighted by Crippen LogP contribution is -2.25. The molecule has 1 saturated carbocycles. The molecule has 0 amide bonds. The molecule has 0 aromatic heterocycles. The van der Waals surface area contributed by atoms with Crippen LogP contribution in [-0.4, -0.2) is 6.18 Å². The van der Waals surface area contributed by atoms with Gasteiger partial charge in [-0.2, -0.15) is 22.0 Å². The molecule has 1 aliphatic rings. The first-order valence-electron chi connectivity index (χ1n) is 11.4. The Morgan fingerprint density at radius 1 is 0.763 bits per heavy atom. The van der Waals surface area contributed by atoms with Crippen molar-refractivity contribution in [3.05, 3.63) is 76.4 Å². The van der Waals surface area contributed by atoms with E-state index in [0.29, 0.717) is 18.2 Å². The highest BCUT2D eigenvalue weighted by Gasteiger charge is 2.41. The second-order valence-corrected chi connectivity index (χ2v) is 8.72. The van der Waals surface area contributed by atoms with Gasteiger partial charge in [0.05, 0.1) is 5.56 Å². The summed E-state index contributed by atoms with van der Waals surface area (Å²) in [4.78, 5) is 0. The van der Waals surface area contributed by atoms with Crippen LogP contribution >= 0.6 is 0 Å². The van der Waals surface area contributed by atoms with Crippen LogP contribution in [0.15, 0.2) is 36.4 Å². The summed E-state index contributed by atoms with van der Waals surface area (Å²) in [7, 11) is 0. The van der Waals surface area contributed by atoms with E-state index in [9.17, 15) is 39.5 Å². The Hall–Kier alpha value is -3.79. The number of alkyl halides is 5. The largest absolute Gasteiger partial charge is 0.458 e. The molecular formula is C28H17F9O. The predicted molar refractivity (Wildman–Crippen MR) is 121 cm³/mol. The number of benzene rings is 3. The fraction of sp³-hybridized carbons (Fsp3) is 0.286. The third-order valence-corrected chi connectivity index (χ3v) is 5.93. The van der Waals surface area contributed by atoms with E-state index in [1.165, 1.54) is 5.92 Å². The first-order chi connectivity index (χ1) is 17.8. The SMILES string of the molecule is Fc1cc2cc(OC(F)(F)c3c(F)cc(C#CC4CCCCC4)cc3F)ccc2c(F)c1C#CC(F)(F)F. The minimum Gasteiger partial charge on any atom is -0.429 e. The number of fused-ring (bicyclic) bond motifs is 1. The lowest BCUT2D eigenvalue weighted by molar-refractivity contribution is -0.189. The van der Waals surface area contributed by atoms with Crippen molar-refractivity contribution in [2.75, 3.05) is 0 Å². The van der Waals surface area contributed by atoms with Crippen molar-refractivity contribution in [3.8, 4) is 29.4 Å². The van der Waals surface area contributed by atoms with Crippen LogP contribution in [0.4, 0.5) is 39.5 Å². The van der Waals surface area contributed by atoms with E-state index >= 15 is 0 Å². The first-order valence-corrected chi connectivity index (χ1v) is 11.4. The quantitative estimate of drug-likeness (QED) is 0.240. The molecule has 1 nitrogen and oxygen atoms in total. The monoisotopic (exact) mass is 540 g/mol. The van der Waals surface area contributed by atoms with Crippen molar-refractivity contribution in [2.45, 2.75) is 44.4 Å². The Kier molecular flexibility index (Phi) is 7.55. The van der Waals surface area contributed by atoms with Crippen LogP contribution in [0.25, 0.3) is 10.8 Å². The van der Waals surface area contributed by atoms with Gasteiger partial charge in [0, 0.05) is 22.8 Å². The summed E-state index contributed by atoms with van der Waals surface area (Å²) in [5.74, 6) is 0.864. The molecular weight excluding hydrogens is 523 g/mol. The van der Waals surface area contributed by atoms with Crippen LogP contribution in [-0.2, 0) is 6.11 Å². The van der Waals surface area contributed by atoms with Crippen molar-refractivity contribution in [1.82, 2.24) is 0 Å². The molecule has 3 aromatic carbocycles. The van der Waals surface area contributed by atoms with E-state index in [2.05, 4.69) is 16.6 Å². The van der Waals surface area contributed by atoms with Gasteiger partial charge < -0.3 is 4.74 Å². The van der Waals surface area contributed by atoms with Gasteiger partial charge in [0.1, 0.15) is 34.6 Å². The van der Waals surface area contributed by atoms with E-state index in [-0.39, 0.29) is 16.9 Å². The summed E-state index contributed by atoms with van der Waals surface area (Å²) >= 11 is 0. The average molecular weight is 540 g/mol. The maximum absolute atomic E-state index is 14.8. The van der Waals surface area contributed by atoms with Crippen LogP contribution in [0.3, 0.4) is 0 Å². The molecule has 0 N–H and O–H groups in total. The standard InChI is InChI=1S/C28H17F9O/c29-22-15-18-14-19(8-9-20(18)26(32)21(22)10-11-27(33,34)35)38-28(36,37)25-23(30)12-17(13-24(25)31)7-6-16-4-2-1-3-5-16/h8-9,12-16H,1-5H2. The molecule has 0 unspecified atom stereocenters. The highest BCUT2D eigenvalue weighted by Crippen LogP contribution is 2.37. The zero-order valence-corrected chi connectivity index (χ0v) is 19.4. The lowest BCUT2D eigenvalue weighted by atomic mass is 9.89. The lowest BCUT2D eigenvalue weighted by Gasteiger charge is -2.20. The highest BCUT2D eigenvalue weighted by molar-refractivity contribution is 5.86. The maximum atomic E-state index is 14.8. The topological polar surface area (TPSA) is 9.23 Å². The first kappa shape index (κ1) is 27.3. The molecule has 3 aromatic rings. The van der Waals surface area contributed by atoms with Gasteiger partial charge in [0.2, 0.25) is 0 Å². The summed E-state index contributed by atoms with van der Waals surface area (Å²) in [6.45, 7) is 0. The Morgan fingerprint density at radius 3 is 2.05 bits per heavy atom. The van der Waals surface area contributed by atoms with Gasteiger partial charge in [-0.25, -0.2) is 17.6 Å². The molecule has 0 aliphatic heterocycles. The molecule has 0 spiro atoms. The Morgan fingerprint density at radius 2 is 1.42 bits per heavy atom. The molecule has 1 fully saturated rings. The normalized spacial score (nSPS) is 14.4. The van der Waals surface area contributed by atoms with Gasteiger partial charge in [0.25, 0.3) is 0 Å². The zero-order valence-electron chi connectivity index (χ0n) is 19.4. The fourth-order valence-corrected chi connectivity index (χ4v) is 4.17. The van der Waals surface area contributed by atoms with Crippen molar-refractivity contribution in [3.63, 3.8) is 0 Å². The number of ether oxygens (including phenoxy) is 1. The van der Waals surface area contributed by atoms with E-state index < -0.39 is 57.8 Å². The van der Waals surface area contributed by atoms with Gasteiger partial charge in [-0.3, -0.25) is 0 Å². The van der Waals surface area contributed by atoms with Crippen molar-refractivity contribution < 1.29 is 44.3 Å². The summed E-state index contributed by atoms with van der Waals surface area (Å²) in [6, 6.07) is 4.28. The van der Waals surface area contributed by atoms with E-state index in [4.69, 9.17) is 0 Å². The second-order valence-electron chi connectivity index (χ2n) is 8.72. The summed E-state index contributed by atoms with van der Waals surface area (Å²) in [5.41, 5.74) is -2.97. The third kappa shape index (κ3) is 6.19. The van der Waals surface area contributed by atoms with Gasteiger partial charge in [-0.05, 0) is 54.6 Å². The smallest absolute Gasteiger partial charge is 0.429 e. The van der Waals surface area contributed by atoms with E-state index in [1.54, 1.807) is 0 Å². The van der Waals surface area contributed by atoms with Crippen molar-refractivity contribution in [1.29, 1.82) is 0 Å². The van der Waals surface area contributed by atoms with Crippen LogP contribution in [0.1, 0.15) is 48.8 Å². The van der Waals surface area contributed by atoms with Gasteiger partial charge in [0.15, 0.2) is 0 Å². The van der Waals surface area contributed by atoms with Crippen LogP contribution in [0.2, 0.25) is 0 Å². The minimum atomic E-state index is -5.00. The third-order valence-electron chi connectivity index (χ3n) is 5.93. The predicted octanol–water partition coefficient (Wildman–Crippen LogP) is 8.37. The van der Waals surface area contributed by atoms with Gasteiger partial charge >= 0.3 is 12.3 Å². The summed E-state index contributed by atoms with van der Waals surface area (Å²) in [5, 5.41) is -0.799. The molecule has 1 aliphatic carbocycles. The Labute approximate surface area is 211 Å². The molecule has 10 heteroatoms. The maximum Gasteiger partial charge on any atom is 0.458 e. The molecule has 0 atom stereocenters. The number of hydrogen-bond acceptors (Lipinski definition) is 1. The zero-order chi connectivity index (χ0) is 27.7. The molecule has 0 bridgehead atoms. The molecule has 0 saturated heterocycles. The van der Waals surface area contributed by atoms with Crippen LogP contribution in [0, 0.1) is 52.9 Å². The van der Waals surface area contributed by atoms with Crippen molar-refractivity contribution in [2.24, 2.45) is 5.92 Å². The molecule has 198 valence electrons. The summed E-state index contributed by atoms with van der Waals surface area (Å²) < 4.78 is 129.